The van der Waals surface area contributed by atoms with E-state index in [2.05, 4.69) is 15.3 Å². The highest BCUT2D eigenvalue weighted by atomic mass is 35.5. The van der Waals surface area contributed by atoms with Gasteiger partial charge in [-0.1, -0.05) is 11.6 Å². The summed E-state index contributed by atoms with van der Waals surface area (Å²) in [6.45, 7) is 0. The first-order valence-corrected chi connectivity index (χ1v) is 6.05. The van der Waals surface area contributed by atoms with Gasteiger partial charge in [0.2, 0.25) is 5.95 Å². The average molecular weight is 333 g/mol. The van der Waals surface area contributed by atoms with Crippen molar-refractivity contribution >= 4 is 34.9 Å². The fourth-order valence-electron chi connectivity index (χ4n) is 1.63. The molecule has 0 amide bonds. The zero-order chi connectivity index (χ0) is 16.5. The van der Waals surface area contributed by atoms with Gasteiger partial charge in [0.25, 0.3) is 0 Å². The predicted octanol–water partition coefficient (Wildman–Crippen LogP) is 3.17. The lowest BCUT2D eigenvalue weighted by molar-refractivity contribution is -0.141. The Hall–Kier alpha value is -2.55. The first kappa shape index (κ1) is 15.8. The third-order valence-electron chi connectivity index (χ3n) is 2.46. The molecule has 0 atom stereocenters. The zero-order valence-corrected chi connectivity index (χ0v) is 11.4. The minimum Gasteiger partial charge on any atom is -0.478 e. The Morgan fingerprint density at radius 2 is 2.00 bits per heavy atom. The number of nitrogens with two attached hydrogens (primary N) is 1. The maximum Gasteiger partial charge on any atom is 0.434 e. The number of anilines is 3. The number of aromatic carboxylic acids is 1. The second-order valence-corrected chi connectivity index (χ2v) is 4.59. The monoisotopic (exact) mass is 332 g/mol. The number of benzene rings is 1. The van der Waals surface area contributed by atoms with Gasteiger partial charge < -0.3 is 16.2 Å². The van der Waals surface area contributed by atoms with Crippen LogP contribution in [0.1, 0.15) is 16.1 Å². The van der Waals surface area contributed by atoms with Crippen molar-refractivity contribution in [1.82, 2.24) is 9.97 Å². The molecular formula is C12H8ClF3N4O2. The molecule has 0 fully saturated rings. The van der Waals surface area contributed by atoms with Crippen LogP contribution in [0, 0.1) is 0 Å². The summed E-state index contributed by atoms with van der Waals surface area (Å²) >= 11 is 5.77. The third kappa shape index (κ3) is 3.55. The standard InChI is InChI=1S/C12H8ClF3N4O2/c13-5-1-6(17)3-7(2-5)19-11-18-4-8(10(21)22)9(20-11)12(14,15)16/h1-4H,17H2,(H,21,22)(H,18,19,20). The predicted molar refractivity (Wildman–Crippen MR) is 73.1 cm³/mol. The molecule has 2 aromatic rings. The minimum atomic E-state index is -4.93. The molecule has 1 heterocycles. The lowest BCUT2D eigenvalue weighted by Gasteiger charge is -2.11. The number of nitrogen functional groups attached to an aromatic ring is 1. The van der Waals surface area contributed by atoms with E-state index in [-0.39, 0.29) is 16.4 Å². The number of carboxylic acids is 1. The first-order chi connectivity index (χ1) is 10.2. The van der Waals surface area contributed by atoms with Crippen LogP contribution in [0.3, 0.4) is 0 Å². The van der Waals surface area contributed by atoms with Gasteiger partial charge in [-0.15, -0.1) is 0 Å². The van der Waals surface area contributed by atoms with E-state index in [1.165, 1.54) is 18.2 Å². The van der Waals surface area contributed by atoms with Crippen LogP contribution >= 0.6 is 11.6 Å². The molecular weight excluding hydrogens is 325 g/mol. The maximum atomic E-state index is 12.8. The number of rotatable bonds is 3. The number of alkyl halides is 3. The van der Waals surface area contributed by atoms with Crippen LogP contribution in [0.15, 0.2) is 24.4 Å². The third-order valence-corrected chi connectivity index (χ3v) is 2.68. The van der Waals surface area contributed by atoms with Gasteiger partial charge in [-0.2, -0.15) is 13.2 Å². The number of aromatic nitrogens is 2. The van der Waals surface area contributed by atoms with Crippen molar-refractivity contribution in [2.24, 2.45) is 0 Å². The molecule has 2 rings (SSSR count). The second kappa shape index (κ2) is 5.68. The van der Waals surface area contributed by atoms with Crippen LogP contribution in [0.4, 0.5) is 30.5 Å². The van der Waals surface area contributed by atoms with Gasteiger partial charge in [0.15, 0.2) is 5.69 Å². The summed E-state index contributed by atoms with van der Waals surface area (Å²) in [6, 6.07) is 4.26. The second-order valence-electron chi connectivity index (χ2n) is 4.16. The maximum absolute atomic E-state index is 12.8. The summed E-state index contributed by atoms with van der Waals surface area (Å²) in [7, 11) is 0. The molecule has 0 aliphatic heterocycles. The number of halogens is 4. The number of nitrogens with one attached hydrogen (secondary N) is 1. The van der Waals surface area contributed by atoms with Crippen molar-refractivity contribution in [2.45, 2.75) is 6.18 Å². The molecule has 6 nitrogen and oxygen atoms in total. The molecule has 0 bridgehead atoms. The molecule has 0 aliphatic carbocycles. The Labute approximate surface area is 126 Å². The molecule has 0 unspecified atom stereocenters. The lowest BCUT2D eigenvalue weighted by atomic mass is 10.2. The van der Waals surface area contributed by atoms with Crippen molar-refractivity contribution in [1.29, 1.82) is 0 Å². The van der Waals surface area contributed by atoms with Crippen LogP contribution in [0.5, 0.6) is 0 Å². The minimum absolute atomic E-state index is 0.265. The Morgan fingerprint density at radius 1 is 1.32 bits per heavy atom. The van der Waals surface area contributed by atoms with Crippen molar-refractivity contribution in [3.63, 3.8) is 0 Å². The first-order valence-electron chi connectivity index (χ1n) is 5.67. The molecule has 4 N–H and O–H groups in total. The van der Waals surface area contributed by atoms with Gasteiger partial charge in [-0.05, 0) is 18.2 Å². The van der Waals surface area contributed by atoms with Crippen molar-refractivity contribution < 1.29 is 23.1 Å². The molecule has 0 radical (unpaired) electrons. The largest absolute Gasteiger partial charge is 0.478 e. The van der Waals surface area contributed by atoms with Gasteiger partial charge in [0.1, 0.15) is 5.56 Å². The van der Waals surface area contributed by atoms with Crippen LogP contribution in [0.2, 0.25) is 5.02 Å². The average Bonchev–Trinajstić information content (AvgIpc) is 2.36. The summed E-state index contributed by atoms with van der Waals surface area (Å²) in [6.07, 6.45) is -4.35. The number of carbonyl (C=O) groups is 1. The van der Waals surface area contributed by atoms with Crippen molar-refractivity contribution in [3.8, 4) is 0 Å². The molecule has 116 valence electrons. The van der Waals surface area contributed by atoms with Crippen LogP contribution in [-0.4, -0.2) is 21.0 Å². The summed E-state index contributed by atoms with van der Waals surface area (Å²) in [4.78, 5) is 17.5. The fraction of sp³-hybridized carbons (Fsp3) is 0.0833. The molecule has 0 saturated carbocycles. The Bertz CT molecular complexity index is 717. The Balaban J connectivity index is 2.42. The zero-order valence-electron chi connectivity index (χ0n) is 10.6. The molecule has 22 heavy (non-hydrogen) atoms. The van der Waals surface area contributed by atoms with E-state index < -0.39 is 29.4 Å². The fourth-order valence-corrected chi connectivity index (χ4v) is 1.87. The highest BCUT2D eigenvalue weighted by Crippen LogP contribution is 2.31. The van der Waals surface area contributed by atoms with E-state index in [0.717, 1.165) is 0 Å². The van der Waals surface area contributed by atoms with E-state index in [1.54, 1.807) is 0 Å². The highest BCUT2D eigenvalue weighted by molar-refractivity contribution is 6.31. The number of carboxylic acid groups (broad SMARTS) is 1. The summed E-state index contributed by atoms with van der Waals surface area (Å²) in [5.41, 5.74) is 3.52. The molecule has 0 spiro atoms. The SMILES string of the molecule is Nc1cc(Cl)cc(Nc2ncc(C(=O)O)c(C(F)(F)F)n2)c1. The topological polar surface area (TPSA) is 101 Å². The smallest absolute Gasteiger partial charge is 0.434 e. The van der Waals surface area contributed by atoms with Crippen molar-refractivity contribution in [3.05, 3.63) is 40.7 Å². The number of hydrogen-bond acceptors (Lipinski definition) is 5. The van der Waals surface area contributed by atoms with Crippen LogP contribution in [-0.2, 0) is 6.18 Å². The summed E-state index contributed by atoms with van der Waals surface area (Å²) < 4.78 is 38.5. The molecule has 1 aromatic carbocycles. The summed E-state index contributed by atoms with van der Waals surface area (Å²) in [5.74, 6) is -2.20. The van der Waals surface area contributed by atoms with Crippen molar-refractivity contribution in [2.75, 3.05) is 11.1 Å². The van der Waals surface area contributed by atoms with Gasteiger partial charge in [-0.25, -0.2) is 14.8 Å². The van der Waals surface area contributed by atoms with E-state index in [9.17, 15) is 18.0 Å². The lowest BCUT2D eigenvalue weighted by Crippen LogP contribution is -2.17. The molecule has 10 heteroatoms. The van der Waals surface area contributed by atoms with E-state index in [0.29, 0.717) is 6.20 Å². The highest BCUT2D eigenvalue weighted by Gasteiger charge is 2.38. The van der Waals surface area contributed by atoms with Gasteiger partial charge >= 0.3 is 12.1 Å². The van der Waals surface area contributed by atoms with Gasteiger partial charge in [0, 0.05) is 22.6 Å². The van der Waals surface area contributed by atoms with Gasteiger partial charge in [0.05, 0.1) is 0 Å². The Morgan fingerprint density at radius 3 is 2.55 bits per heavy atom. The number of nitrogens with zero attached hydrogens (tertiary/aromatic N) is 2. The molecule has 0 aliphatic rings. The van der Waals surface area contributed by atoms with Crippen LogP contribution < -0.4 is 11.1 Å². The molecule has 1 aromatic heterocycles. The normalized spacial score (nSPS) is 11.3. The van der Waals surface area contributed by atoms with Crippen LogP contribution in [0.25, 0.3) is 0 Å². The summed E-state index contributed by atoms with van der Waals surface area (Å²) in [5, 5.41) is 11.5. The quantitative estimate of drug-likeness (QED) is 0.746. The molecule has 0 saturated heterocycles. The van der Waals surface area contributed by atoms with E-state index in [1.807, 2.05) is 0 Å². The van der Waals surface area contributed by atoms with E-state index >= 15 is 0 Å². The number of hydrogen-bond donors (Lipinski definition) is 3. The van der Waals surface area contributed by atoms with Gasteiger partial charge in [-0.3, -0.25) is 0 Å². The van der Waals surface area contributed by atoms with E-state index in [4.69, 9.17) is 22.4 Å². The Kier molecular flexibility index (Phi) is 4.09.